The van der Waals surface area contributed by atoms with Crippen LogP contribution in [0.25, 0.3) is 0 Å². The molecule has 0 aromatic heterocycles. The van der Waals surface area contributed by atoms with E-state index in [2.05, 4.69) is 59.9 Å². The maximum atomic E-state index is 6.17. The van der Waals surface area contributed by atoms with Crippen molar-refractivity contribution in [3.8, 4) is 0 Å². The van der Waals surface area contributed by atoms with Crippen LogP contribution in [0, 0.1) is 5.92 Å². The third-order valence-electron chi connectivity index (χ3n) is 4.48. The summed E-state index contributed by atoms with van der Waals surface area (Å²) in [5.41, 5.74) is 3.92. The predicted molar refractivity (Wildman–Crippen MR) is 84.2 cm³/mol. The van der Waals surface area contributed by atoms with Crippen LogP contribution in [0.1, 0.15) is 29.5 Å². The highest BCUT2D eigenvalue weighted by molar-refractivity contribution is 6.30. The Morgan fingerprint density at radius 1 is 1.05 bits per heavy atom. The van der Waals surface area contributed by atoms with Crippen LogP contribution in [0.4, 0.5) is 5.69 Å². The molecule has 2 heteroatoms. The van der Waals surface area contributed by atoms with Gasteiger partial charge in [-0.15, -0.1) is 0 Å². The number of hydrogen-bond acceptors (Lipinski definition) is 1. The van der Waals surface area contributed by atoms with Gasteiger partial charge in [0.1, 0.15) is 0 Å². The molecule has 0 amide bonds. The van der Waals surface area contributed by atoms with Crippen molar-refractivity contribution in [2.24, 2.45) is 5.92 Å². The van der Waals surface area contributed by atoms with Gasteiger partial charge in [-0.3, -0.25) is 0 Å². The summed E-state index contributed by atoms with van der Waals surface area (Å²) in [6, 6.07) is 17.3. The minimum atomic E-state index is 0.380. The van der Waals surface area contributed by atoms with E-state index in [4.69, 9.17) is 11.6 Å². The lowest BCUT2D eigenvalue weighted by Crippen LogP contribution is -2.28. The van der Waals surface area contributed by atoms with Crippen LogP contribution < -0.4 is 5.32 Å². The summed E-state index contributed by atoms with van der Waals surface area (Å²) in [6.45, 7) is 0. The second kappa shape index (κ2) is 4.68. The monoisotopic (exact) mass is 281 g/mol. The molecule has 2 aromatic rings. The van der Waals surface area contributed by atoms with Crippen molar-refractivity contribution >= 4 is 17.3 Å². The van der Waals surface area contributed by atoms with Gasteiger partial charge in [0.2, 0.25) is 0 Å². The highest BCUT2D eigenvalue weighted by Crippen LogP contribution is 2.50. The Balaban J connectivity index is 1.80. The summed E-state index contributed by atoms with van der Waals surface area (Å²) in [5.74, 6) is 1.07. The zero-order valence-electron chi connectivity index (χ0n) is 11.1. The van der Waals surface area contributed by atoms with Gasteiger partial charge in [-0.05, 0) is 41.7 Å². The van der Waals surface area contributed by atoms with Gasteiger partial charge in [-0.2, -0.15) is 0 Å². The molecule has 0 saturated carbocycles. The van der Waals surface area contributed by atoms with Gasteiger partial charge in [-0.25, -0.2) is 0 Å². The molecule has 1 aliphatic heterocycles. The number of anilines is 1. The molecule has 1 heterocycles. The standard InChI is InChI=1S/C18H16ClN/c19-13-9-10-17-16(11-13)14-7-4-8-15(14)18(20-17)12-5-2-1-3-6-12/h1-7,9-11,14-15,18,20H,8H2/t14-,15-,18+/m0/s1. The van der Waals surface area contributed by atoms with Crippen LogP contribution in [0.15, 0.2) is 60.7 Å². The van der Waals surface area contributed by atoms with Crippen molar-refractivity contribution in [2.75, 3.05) is 5.32 Å². The van der Waals surface area contributed by atoms with E-state index in [1.165, 1.54) is 16.8 Å². The van der Waals surface area contributed by atoms with E-state index in [1.54, 1.807) is 0 Å². The fraction of sp³-hybridized carbons (Fsp3) is 0.222. The van der Waals surface area contributed by atoms with Crippen LogP contribution in [0.3, 0.4) is 0 Å². The van der Waals surface area contributed by atoms with Crippen molar-refractivity contribution < 1.29 is 0 Å². The Morgan fingerprint density at radius 3 is 2.75 bits per heavy atom. The Bertz CT molecular complexity index is 662. The summed E-state index contributed by atoms with van der Waals surface area (Å²) >= 11 is 6.17. The van der Waals surface area contributed by atoms with Gasteiger partial charge in [0.05, 0.1) is 6.04 Å². The molecular formula is C18H16ClN. The van der Waals surface area contributed by atoms with Crippen molar-refractivity contribution in [1.82, 2.24) is 0 Å². The van der Waals surface area contributed by atoms with Gasteiger partial charge in [0.15, 0.2) is 0 Å². The number of rotatable bonds is 1. The Morgan fingerprint density at radius 2 is 1.90 bits per heavy atom. The second-order valence-electron chi connectivity index (χ2n) is 5.62. The summed E-state index contributed by atoms with van der Waals surface area (Å²) in [7, 11) is 0. The molecule has 0 bridgehead atoms. The molecular weight excluding hydrogens is 266 g/mol. The maximum absolute atomic E-state index is 6.17. The molecule has 0 spiro atoms. The molecule has 20 heavy (non-hydrogen) atoms. The number of nitrogens with one attached hydrogen (secondary N) is 1. The van der Waals surface area contributed by atoms with E-state index < -0.39 is 0 Å². The molecule has 2 aliphatic rings. The van der Waals surface area contributed by atoms with Gasteiger partial charge in [0, 0.05) is 16.6 Å². The minimum absolute atomic E-state index is 0.380. The molecule has 0 radical (unpaired) electrons. The number of allylic oxidation sites excluding steroid dienone is 2. The largest absolute Gasteiger partial charge is 0.378 e. The summed E-state index contributed by atoms with van der Waals surface area (Å²) in [4.78, 5) is 0. The first-order chi connectivity index (χ1) is 9.83. The molecule has 1 aliphatic carbocycles. The van der Waals surface area contributed by atoms with Crippen molar-refractivity contribution in [3.63, 3.8) is 0 Å². The predicted octanol–water partition coefficient (Wildman–Crippen LogP) is 5.17. The highest BCUT2D eigenvalue weighted by Gasteiger charge is 2.37. The maximum Gasteiger partial charge on any atom is 0.0553 e. The van der Waals surface area contributed by atoms with Crippen LogP contribution in [-0.2, 0) is 0 Å². The molecule has 1 N–H and O–H groups in total. The smallest absolute Gasteiger partial charge is 0.0553 e. The molecule has 3 atom stereocenters. The van der Waals surface area contributed by atoms with Crippen LogP contribution in [-0.4, -0.2) is 0 Å². The first-order valence-corrected chi connectivity index (χ1v) is 7.48. The van der Waals surface area contributed by atoms with Gasteiger partial charge < -0.3 is 5.32 Å². The third-order valence-corrected chi connectivity index (χ3v) is 4.72. The van der Waals surface area contributed by atoms with Crippen molar-refractivity contribution in [2.45, 2.75) is 18.4 Å². The average molecular weight is 282 g/mol. The van der Waals surface area contributed by atoms with Gasteiger partial charge in [0.25, 0.3) is 0 Å². The number of fused-ring (bicyclic) bond motifs is 3. The van der Waals surface area contributed by atoms with Crippen LogP contribution in [0.5, 0.6) is 0 Å². The topological polar surface area (TPSA) is 12.0 Å². The molecule has 0 saturated heterocycles. The first kappa shape index (κ1) is 12.0. The van der Waals surface area contributed by atoms with Crippen molar-refractivity contribution in [1.29, 1.82) is 0 Å². The molecule has 1 nitrogen and oxygen atoms in total. The fourth-order valence-electron chi connectivity index (χ4n) is 3.56. The lowest BCUT2D eigenvalue weighted by atomic mass is 9.77. The summed E-state index contributed by atoms with van der Waals surface area (Å²) in [5, 5.41) is 4.54. The zero-order chi connectivity index (χ0) is 13.5. The van der Waals surface area contributed by atoms with Crippen LogP contribution >= 0.6 is 11.6 Å². The Labute approximate surface area is 124 Å². The van der Waals surface area contributed by atoms with E-state index in [0.29, 0.717) is 17.9 Å². The minimum Gasteiger partial charge on any atom is -0.378 e. The molecule has 0 fully saturated rings. The average Bonchev–Trinajstić information content (AvgIpc) is 2.97. The lowest BCUT2D eigenvalue weighted by molar-refractivity contribution is 0.425. The zero-order valence-corrected chi connectivity index (χ0v) is 11.8. The summed E-state index contributed by atoms with van der Waals surface area (Å²) in [6.07, 6.45) is 5.78. The third kappa shape index (κ3) is 1.85. The highest BCUT2D eigenvalue weighted by atomic mass is 35.5. The number of halogens is 1. The fourth-order valence-corrected chi connectivity index (χ4v) is 3.74. The second-order valence-corrected chi connectivity index (χ2v) is 6.05. The first-order valence-electron chi connectivity index (χ1n) is 7.10. The van der Waals surface area contributed by atoms with Crippen LogP contribution in [0.2, 0.25) is 5.02 Å². The Kier molecular flexibility index (Phi) is 2.82. The van der Waals surface area contributed by atoms with E-state index in [0.717, 1.165) is 11.4 Å². The van der Waals surface area contributed by atoms with E-state index in [1.807, 2.05) is 6.07 Å². The molecule has 100 valence electrons. The SMILES string of the molecule is Clc1ccc2c(c1)[C@H]1C=CC[C@@H]1[C@@H](c1ccccc1)N2. The van der Waals surface area contributed by atoms with Crippen molar-refractivity contribution in [3.05, 3.63) is 76.8 Å². The molecule has 2 aromatic carbocycles. The summed E-state index contributed by atoms with van der Waals surface area (Å²) < 4.78 is 0. The van der Waals surface area contributed by atoms with E-state index in [9.17, 15) is 0 Å². The van der Waals surface area contributed by atoms with E-state index in [-0.39, 0.29) is 0 Å². The number of benzene rings is 2. The quantitative estimate of drug-likeness (QED) is 0.711. The molecule has 0 unspecified atom stereocenters. The number of hydrogen-bond donors (Lipinski definition) is 1. The van der Waals surface area contributed by atoms with Gasteiger partial charge in [-0.1, -0.05) is 54.1 Å². The Hall–Kier alpha value is -1.73. The van der Waals surface area contributed by atoms with E-state index >= 15 is 0 Å². The lowest BCUT2D eigenvalue weighted by Gasteiger charge is -2.37. The normalized spacial score (nSPS) is 26.8. The van der Waals surface area contributed by atoms with Gasteiger partial charge >= 0.3 is 0 Å². The molecule has 4 rings (SSSR count).